The Kier molecular flexibility index (Phi) is 5.54. The number of hydrogen-bond donors (Lipinski definition) is 1. The van der Waals surface area contributed by atoms with Gasteiger partial charge in [0.1, 0.15) is 5.60 Å². The second-order valence-corrected chi connectivity index (χ2v) is 7.08. The van der Waals surface area contributed by atoms with Crippen LogP contribution in [0.2, 0.25) is 0 Å². The molecule has 1 amide bonds. The fourth-order valence-corrected chi connectivity index (χ4v) is 2.33. The summed E-state index contributed by atoms with van der Waals surface area (Å²) in [6.07, 6.45) is 3.81. The van der Waals surface area contributed by atoms with E-state index < -0.39 is 5.60 Å². The van der Waals surface area contributed by atoms with E-state index in [1.54, 1.807) is 11.9 Å². The first-order valence-electron chi connectivity index (χ1n) is 8.11. The summed E-state index contributed by atoms with van der Waals surface area (Å²) >= 11 is 0. The Hall–Kier alpha value is -2.43. The number of hydrogen-bond acceptors (Lipinski definition) is 3. The lowest BCUT2D eigenvalue weighted by Gasteiger charge is -2.24. The van der Waals surface area contributed by atoms with E-state index in [0.29, 0.717) is 6.54 Å². The number of aryl methyl sites for hydroxylation is 1. The van der Waals surface area contributed by atoms with E-state index in [1.165, 1.54) is 5.56 Å². The van der Waals surface area contributed by atoms with E-state index in [9.17, 15) is 4.79 Å². The molecule has 130 valence electrons. The van der Waals surface area contributed by atoms with E-state index >= 15 is 0 Å². The van der Waals surface area contributed by atoms with Crippen molar-refractivity contribution in [2.24, 2.45) is 7.05 Å². The maximum atomic E-state index is 12.0. The van der Waals surface area contributed by atoms with Gasteiger partial charge in [0.25, 0.3) is 0 Å². The van der Waals surface area contributed by atoms with Crippen LogP contribution in [0.1, 0.15) is 31.9 Å². The standard InChI is InChI=1S/C19H27N3O2/c1-19(2,3)24-18(23)22(5)14-15-7-6-8-17(11-15)20-12-16-9-10-21(4)13-16/h6-11,13,20H,12,14H2,1-5H3. The average Bonchev–Trinajstić information content (AvgIpc) is 2.89. The number of rotatable bonds is 5. The van der Waals surface area contributed by atoms with Crippen molar-refractivity contribution in [1.29, 1.82) is 0 Å². The zero-order valence-corrected chi connectivity index (χ0v) is 15.2. The van der Waals surface area contributed by atoms with Gasteiger partial charge in [-0.2, -0.15) is 0 Å². The van der Waals surface area contributed by atoms with Crippen molar-refractivity contribution in [1.82, 2.24) is 9.47 Å². The molecule has 0 fully saturated rings. The van der Waals surface area contributed by atoms with Crippen LogP contribution in [-0.2, 0) is 24.9 Å². The Morgan fingerprint density at radius 2 is 2.00 bits per heavy atom. The molecule has 0 saturated carbocycles. The van der Waals surface area contributed by atoms with Crippen molar-refractivity contribution in [3.05, 3.63) is 53.9 Å². The third-order valence-corrected chi connectivity index (χ3v) is 3.44. The lowest BCUT2D eigenvalue weighted by molar-refractivity contribution is 0.0285. The van der Waals surface area contributed by atoms with Crippen LogP contribution in [0.4, 0.5) is 10.5 Å². The van der Waals surface area contributed by atoms with Gasteiger partial charge in [0, 0.05) is 45.3 Å². The van der Waals surface area contributed by atoms with Crippen LogP contribution >= 0.6 is 0 Å². The number of carbonyl (C=O) groups is 1. The summed E-state index contributed by atoms with van der Waals surface area (Å²) in [5.74, 6) is 0. The molecule has 0 aliphatic heterocycles. The quantitative estimate of drug-likeness (QED) is 0.902. The zero-order chi connectivity index (χ0) is 17.7. The lowest BCUT2D eigenvalue weighted by Crippen LogP contribution is -2.33. The van der Waals surface area contributed by atoms with Crippen molar-refractivity contribution >= 4 is 11.8 Å². The van der Waals surface area contributed by atoms with Crippen LogP contribution in [0.5, 0.6) is 0 Å². The molecule has 2 aromatic rings. The summed E-state index contributed by atoms with van der Waals surface area (Å²) in [5, 5.41) is 3.41. The van der Waals surface area contributed by atoms with E-state index in [4.69, 9.17) is 4.74 Å². The number of anilines is 1. The molecule has 1 heterocycles. The number of nitrogens with zero attached hydrogens (tertiary/aromatic N) is 2. The summed E-state index contributed by atoms with van der Waals surface area (Å²) in [6.45, 7) is 6.88. The molecule has 0 saturated heterocycles. The number of aromatic nitrogens is 1. The highest BCUT2D eigenvalue weighted by atomic mass is 16.6. The molecule has 5 heteroatoms. The highest BCUT2D eigenvalue weighted by Crippen LogP contribution is 2.15. The smallest absolute Gasteiger partial charge is 0.410 e. The molecule has 0 unspecified atom stereocenters. The van der Waals surface area contributed by atoms with E-state index in [1.807, 2.05) is 56.8 Å². The molecule has 0 atom stereocenters. The average molecular weight is 329 g/mol. The van der Waals surface area contributed by atoms with Crippen molar-refractivity contribution in [2.75, 3.05) is 12.4 Å². The minimum Gasteiger partial charge on any atom is -0.444 e. The van der Waals surface area contributed by atoms with Crippen LogP contribution in [-0.4, -0.2) is 28.2 Å². The topological polar surface area (TPSA) is 46.5 Å². The Labute approximate surface area is 144 Å². The van der Waals surface area contributed by atoms with Crippen molar-refractivity contribution in [3.8, 4) is 0 Å². The second-order valence-electron chi connectivity index (χ2n) is 7.08. The minimum atomic E-state index is -0.482. The summed E-state index contributed by atoms with van der Waals surface area (Å²) in [7, 11) is 3.76. The largest absolute Gasteiger partial charge is 0.444 e. The van der Waals surface area contributed by atoms with Crippen LogP contribution in [0.3, 0.4) is 0 Å². The summed E-state index contributed by atoms with van der Waals surface area (Å²) in [6, 6.07) is 10.2. The summed E-state index contributed by atoms with van der Waals surface area (Å²) in [4.78, 5) is 13.6. The van der Waals surface area contributed by atoms with Crippen molar-refractivity contribution < 1.29 is 9.53 Å². The molecule has 1 N–H and O–H groups in total. The fraction of sp³-hybridized carbons (Fsp3) is 0.421. The Bertz CT molecular complexity index is 686. The minimum absolute atomic E-state index is 0.315. The Morgan fingerprint density at radius 3 is 2.62 bits per heavy atom. The highest BCUT2D eigenvalue weighted by molar-refractivity contribution is 5.67. The maximum absolute atomic E-state index is 12.0. The van der Waals surface area contributed by atoms with Gasteiger partial charge in [-0.25, -0.2) is 4.79 Å². The van der Waals surface area contributed by atoms with Crippen LogP contribution in [0, 0.1) is 0 Å². The molecule has 1 aromatic heterocycles. The van der Waals surface area contributed by atoms with Crippen molar-refractivity contribution in [3.63, 3.8) is 0 Å². The van der Waals surface area contributed by atoms with Gasteiger partial charge in [-0.15, -0.1) is 0 Å². The predicted octanol–water partition coefficient (Wildman–Crippen LogP) is 4.00. The number of carbonyl (C=O) groups excluding carboxylic acids is 1. The second kappa shape index (κ2) is 7.43. The first-order valence-corrected chi connectivity index (χ1v) is 8.11. The molecule has 1 aromatic carbocycles. The molecule has 0 radical (unpaired) electrons. The fourth-order valence-electron chi connectivity index (χ4n) is 2.33. The first kappa shape index (κ1) is 17.9. The van der Waals surface area contributed by atoms with Gasteiger partial charge in [0.15, 0.2) is 0 Å². The Balaban J connectivity index is 1.93. The summed E-state index contributed by atoms with van der Waals surface area (Å²) in [5.41, 5.74) is 2.84. The Morgan fingerprint density at radius 1 is 1.25 bits per heavy atom. The molecule has 0 aliphatic carbocycles. The van der Waals surface area contributed by atoms with Gasteiger partial charge in [-0.1, -0.05) is 12.1 Å². The molecule has 24 heavy (non-hydrogen) atoms. The number of ether oxygens (including phenoxy) is 1. The van der Waals surface area contributed by atoms with Gasteiger partial charge in [0.05, 0.1) is 0 Å². The molecular formula is C19H27N3O2. The third-order valence-electron chi connectivity index (χ3n) is 3.44. The van der Waals surface area contributed by atoms with Gasteiger partial charge in [0.2, 0.25) is 0 Å². The molecule has 5 nitrogen and oxygen atoms in total. The molecule has 0 aliphatic rings. The van der Waals surface area contributed by atoms with Gasteiger partial charge in [-0.3, -0.25) is 0 Å². The third kappa shape index (κ3) is 5.65. The number of nitrogens with one attached hydrogen (secondary N) is 1. The van der Waals surface area contributed by atoms with Gasteiger partial charge < -0.3 is 19.5 Å². The maximum Gasteiger partial charge on any atom is 0.410 e. The lowest BCUT2D eigenvalue weighted by atomic mass is 10.2. The molecule has 2 rings (SSSR count). The van der Waals surface area contributed by atoms with Gasteiger partial charge in [-0.05, 0) is 50.1 Å². The van der Waals surface area contributed by atoms with E-state index in [-0.39, 0.29) is 6.09 Å². The number of amides is 1. The monoisotopic (exact) mass is 329 g/mol. The summed E-state index contributed by atoms with van der Waals surface area (Å²) < 4.78 is 7.41. The van der Waals surface area contributed by atoms with E-state index in [2.05, 4.69) is 23.6 Å². The van der Waals surface area contributed by atoms with Crippen LogP contribution in [0.25, 0.3) is 0 Å². The van der Waals surface area contributed by atoms with Crippen LogP contribution < -0.4 is 5.32 Å². The van der Waals surface area contributed by atoms with Gasteiger partial charge >= 0.3 is 6.09 Å². The molecular weight excluding hydrogens is 302 g/mol. The zero-order valence-electron chi connectivity index (χ0n) is 15.2. The van der Waals surface area contributed by atoms with Crippen molar-refractivity contribution in [2.45, 2.75) is 39.5 Å². The number of benzene rings is 1. The molecule has 0 spiro atoms. The normalized spacial score (nSPS) is 11.2. The van der Waals surface area contributed by atoms with E-state index in [0.717, 1.165) is 17.8 Å². The predicted molar refractivity (Wildman–Crippen MR) is 96.9 cm³/mol. The van der Waals surface area contributed by atoms with Crippen LogP contribution in [0.15, 0.2) is 42.7 Å². The molecule has 0 bridgehead atoms. The first-order chi connectivity index (χ1) is 11.2. The SMILES string of the molecule is CN(Cc1cccc(NCc2ccn(C)c2)c1)C(=O)OC(C)(C)C. The highest BCUT2D eigenvalue weighted by Gasteiger charge is 2.19.